The summed E-state index contributed by atoms with van der Waals surface area (Å²) in [5.41, 5.74) is 13.7. The summed E-state index contributed by atoms with van der Waals surface area (Å²) in [6.45, 7) is 4.04. The fourth-order valence-electron chi connectivity index (χ4n) is 1.86. The van der Waals surface area contributed by atoms with Crippen LogP contribution in [-0.2, 0) is 0 Å². The van der Waals surface area contributed by atoms with Gasteiger partial charge in [0.2, 0.25) is 0 Å². The zero-order valence-corrected chi connectivity index (χ0v) is 9.37. The summed E-state index contributed by atoms with van der Waals surface area (Å²) in [5.74, 6) is 0.940. The Morgan fingerprint density at radius 1 is 1.47 bits per heavy atom. The molecule has 0 bridgehead atoms. The van der Waals surface area contributed by atoms with E-state index < -0.39 is 0 Å². The lowest BCUT2D eigenvalue weighted by atomic mass is 9.97. The number of benzene rings is 1. The van der Waals surface area contributed by atoms with Crippen molar-refractivity contribution in [2.45, 2.75) is 19.9 Å². The second kappa shape index (κ2) is 4.51. The van der Waals surface area contributed by atoms with Gasteiger partial charge in [0.1, 0.15) is 11.5 Å². The van der Waals surface area contributed by atoms with Gasteiger partial charge in [0.25, 0.3) is 0 Å². The van der Waals surface area contributed by atoms with E-state index in [1.54, 1.807) is 13.2 Å². The van der Waals surface area contributed by atoms with Crippen LogP contribution in [0.3, 0.4) is 0 Å². The van der Waals surface area contributed by atoms with Crippen LogP contribution in [0, 0.1) is 13.8 Å². The largest absolute Gasteiger partial charge is 0.508 e. The van der Waals surface area contributed by atoms with E-state index in [9.17, 15) is 5.11 Å². The highest BCUT2D eigenvalue weighted by Crippen LogP contribution is 2.35. The Kier molecular flexibility index (Phi) is 3.55. The molecule has 4 heteroatoms. The molecule has 0 aromatic heterocycles. The molecule has 4 nitrogen and oxygen atoms in total. The minimum Gasteiger partial charge on any atom is -0.508 e. The van der Waals surface area contributed by atoms with Crippen LogP contribution in [0.2, 0.25) is 0 Å². The molecule has 0 fully saturated rings. The van der Waals surface area contributed by atoms with Gasteiger partial charge in [0.15, 0.2) is 0 Å². The Morgan fingerprint density at radius 3 is 2.53 bits per heavy atom. The smallest absolute Gasteiger partial charge is 0.125 e. The van der Waals surface area contributed by atoms with E-state index >= 15 is 0 Å². The third kappa shape index (κ3) is 2.06. The molecule has 1 rings (SSSR count). The van der Waals surface area contributed by atoms with Crippen LogP contribution < -0.4 is 16.2 Å². The zero-order chi connectivity index (χ0) is 11.6. The Bertz CT molecular complexity index is 364. The normalized spacial score (nSPS) is 12.6. The first-order valence-corrected chi connectivity index (χ1v) is 4.85. The summed E-state index contributed by atoms with van der Waals surface area (Å²) in [7, 11) is 1.60. The van der Waals surface area contributed by atoms with E-state index in [1.807, 2.05) is 13.8 Å². The molecule has 0 amide bonds. The number of aromatic hydroxyl groups is 1. The van der Waals surface area contributed by atoms with Gasteiger partial charge in [-0.3, -0.25) is 0 Å². The van der Waals surface area contributed by atoms with Crippen molar-refractivity contribution in [3.05, 3.63) is 22.8 Å². The third-order valence-electron chi connectivity index (χ3n) is 2.56. The molecule has 1 aromatic carbocycles. The molecule has 0 unspecified atom stereocenters. The molecule has 5 N–H and O–H groups in total. The molecular weight excluding hydrogens is 192 g/mol. The topological polar surface area (TPSA) is 81.5 Å². The van der Waals surface area contributed by atoms with Gasteiger partial charge < -0.3 is 21.3 Å². The fourth-order valence-corrected chi connectivity index (χ4v) is 1.86. The minimum atomic E-state index is -0.362. The van der Waals surface area contributed by atoms with Gasteiger partial charge in [0, 0.05) is 18.2 Å². The van der Waals surface area contributed by atoms with Crippen molar-refractivity contribution >= 4 is 0 Å². The summed E-state index contributed by atoms with van der Waals surface area (Å²) >= 11 is 0. The molecular formula is C11H18N2O2. The summed E-state index contributed by atoms with van der Waals surface area (Å²) in [4.78, 5) is 0. The molecule has 0 saturated heterocycles. The van der Waals surface area contributed by atoms with Crippen LogP contribution in [0.1, 0.15) is 22.7 Å². The molecule has 84 valence electrons. The van der Waals surface area contributed by atoms with E-state index in [0.29, 0.717) is 12.1 Å². The summed E-state index contributed by atoms with van der Waals surface area (Å²) in [6, 6.07) is 1.29. The molecule has 0 aliphatic rings. The highest BCUT2D eigenvalue weighted by molar-refractivity contribution is 5.53. The van der Waals surface area contributed by atoms with Crippen molar-refractivity contribution in [1.29, 1.82) is 0 Å². The van der Waals surface area contributed by atoms with Crippen LogP contribution in [0.15, 0.2) is 6.07 Å². The standard InChI is InChI=1S/C11H18N2O2/c1-6-4-9(14)10(8(13)5-12)7(2)11(6)15-3/h4,8,14H,5,12-13H2,1-3H3/t8-/m0/s1. The van der Waals surface area contributed by atoms with Gasteiger partial charge in [0.05, 0.1) is 7.11 Å². The maximum Gasteiger partial charge on any atom is 0.125 e. The van der Waals surface area contributed by atoms with Gasteiger partial charge in [-0.1, -0.05) is 0 Å². The predicted molar refractivity (Wildman–Crippen MR) is 60.1 cm³/mol. The molecule has 0 aliphatic heterocycles. The number of phenols is 1. The average Bonchev–Trinajstić information content (AvgIpc) is 2.17. The van der Waals surface area contributed by atoms with Gasteiger partial charge in [-0.05, 0) is 31.0 Å². The Morgan fingerprint density at radius 2 is 2.07 bits per heavy atom. The number of ether oxygens (including phenoxy) is 1. The number of hydrogen-bond donors (Lipinski definition) is 3. The third-order valence-corrected chi connectivity index (χ3v) is 2.56. The Labute approximate surface area is 89.8 Å². The number of rotatable bonds is 3. The number of methoxy groups -OCH3 is 1. The van der Waals surface area contributed by atoms with Crippen molar-refractivity contribution < 1.29 is 9.84 Å². The molecule has 0 aliphatic carbocycles. The number of aryl methyl sites for hydroxylation is 1. The van der Waals surface area contributed by atoms with E-state index in [-0.39, 0.29) is 11.8 Å². The second-order valence-corrected chi connectivity index (χ2v) is 3.63. The first kappa shape index (κ1) is 11.8. The summed E-state index contributed by atoms with van der Waals surface area (Å²) in [6.07, 6.45) is 0. The second-order valence-electron chi connectivity index (χ2n) is 3.63. The van der Waals surface area contributed by atoms with Gasteiger partial charge in [-0.15, -0.1) is 0 Å². The highest BCUT2D eigenvalue weighted by atomic mass is 16.5. The molecule has 1 atom stereocenters. The van der Waals surface area contributed by atoms with Crippen molar-refractivity contribution in [2.75, 3.05) is 13.7 Å². The number of nitrogens with two attached hydrogens (primary N) is 2. The van der Waals surface area contributed by atoms with Crippen LogP contribution in [0.4, 0.5) is 0 Å². The SMILES string of the molecule is COc1c(C)cc(O)c([C@@H](N)CN)c1C. The van der Waals surface area contributed by atoms with Crippen LogP contribution >= 0.6 is 0 Å². The average molecular weight is 210 g/mol. The van der Waals surface area contributed by atoms with Crippen molar-refractivity contribution in [3.63, 3.8) is 0 Å². The molecule has 15 heavy (non-hydrogen) atoms. The van der Waals surface area contributed by atoms with Gasteiger partial charge in [-0.2, -0.15) is 0 Å². The predicted octanol–water partition coefficient (Wildman–Crippen LogP) is 0.976. The first-order valence-electron chi connectivity index (χ1n) is 4.85. The number of phenolic OH excluding ortho intramolecular Hbond substituents is 1. The van der Waals surface area contributed by atoms with E-state index in [2.05, 4.69) is 0 Å². The highest BCUT2D eigenvalue weighted by Gasteiger charge is 2.17. The monoisotopic (exact) mass is 210 g/mol. The van der Waals surface area contributed by atoms with Gasteiger partial charge >= 0.3 is 0 Å². The maximum absolute atomic E-state index is 9.80. The Balaban J connectivity index is 3.38. The number of hydrogen-bond acceptors (Lipinski definition) is 4. The van der Waals surface area contributed by atoms with Crippen LogP contribution in [0.5, 0.6) is 11.5 Å². The van der Waals surface area contributed by atoms with E-state index in [4.69, 9.17) is 16.2 Å². The van der Waals surface area contributed by atoms with Crippen LogP contribution in [0.25, 0.3) is 0 Å². The lowest BCUT2D eigenvalue weighted by Crippen LogP contribution is -2.22. The molecule has 0 saturated carbocycles. The molecule has 0 heterocycles. The lowest BCUT2D eigenvalue weighted by Gasteiger charge is -2.18. The maximum atomic E-state index is 9.80. The molecule has 0 spiro atoms. The zero-order valence-electron chi connectivity index (χ0n) is 9.37. The van der Waals surface area contributed by atoms with Crippen molar-refractivity contribution in [3.8, 4) is 11.5 Å². The molecule has 1 aromatic rings. The summed E-state index contributed by atoms with van der Waals surface area (Å²) < 4.78 is 5.26. The molecule has 0 radical (unpaired) electrons. The fraction of sp³-hybridized carbons (Fsp3) is 0.455. The minimum absolute atomic E-state index is 0.184. The van der Waals surface area contributed by atoms with Crippen LogP contribution in [-0.4, -0.2) is 18.8 Å². The quantitative estimate of drug-likeness (QED) is 0.694. The summed E-state index contributed by atoms with van der Waals surface area (Å²) in [5, 5.41) is 9.80. The Hall–Kier alpha value is -1.26. The van der Waals surface area contributed by atoms with Crippen molar-refractivity contribution in [2.24, 2.45) is 11.5 Å². The van der Waals surface area contributed by atoms with Gasteiger partial charge in [-0.25, -0.2) is 0 Å². The van der Waals surface area contributed by atoms with E-state index in [1.165, 1.54) is 0 Å². The van der Waals surface area contributed by atoms with E-state index in [0.717, 1.165) is 16.9 Å². The lowest BCUT2D eigenvalue weighted by molar-refractivity contribution is 0.402. The van der Waals surface area contributed by atoms with Crippen molar-refractivity contribution in [1.82, 2.24) is 0 Å². The first-order chi connectivity index (χ1) is 7.02.